The Balaban J connectivity index is 1.21. The third-order valence-electron chi connectivity index (χ3n) is 7.69. The molecule has 3 aromatic carbocycles. The van der Waals surface area contributed by atoms with E-state index < -0.39 is 5.97 Å². The van der Waals surface area contributed by atoms with Crippen molar-refractivity contribution in [3.8, 4) is 17.0 Å². The number of carbonyl (C=O) groups is 1. The fourth-order valence-corrected chi connectivity index (χ4v) is 6.43. The number of carboxylic acid groups (broad SMARTS) is 1. The van der Waals surface area contributed by atoms with Crippen LogP contribution in [0.15, 0.2) is 72.1 Å². The van der Waals surface area contributed by atoms with E-state index in [2.05, 4.69) is 67.1 Å². The van der Waals surface area contributed by atoms with Crippen molar-refractivity contribution in [3.63, 3.8) is 0 Å². The van der Waals surface area contributed by atoms with E-state index in [1.807, 2.05) is 40.6 Å². The quantitative estimate of drug-likeness (QED) is 0.126. The highest BCUT2D eigenvalue weighted by Gasteiger charge is 2.17. The van der Waals surface area contributed by atoms with Gasteiger partial charge in [0.1, 0.15) is 23.2 Å². The van der Waals surface area contributed by atoms with Crippen molar-refractivity contribution in [2.24, 2.45) is 0 Å². The molecular weight excluding hydrogens is 556 g/mol. The van der Waals surface area contributed by atoms with Crippen LogP contribution in [0.3, 0.4) is 0 Å². The number of hydrogen-bond donors (Lipinski definition) is 2. The summed E-state index contributed by atoms with van der Waals surface area (Å²) in [5.41, 5.74) is 7.40. The summed E-state index contributed by atoms with van der Waals surface area (Å²) in [6.45, 7) is 7.82. The van der Waals surface area contributed by atoms with Crippen molar-refractivity contribution in [2.75, 3.05) is 6.54 Å². The number of imidazole rings is 1. The van der Waals surface area contributed by atoms with E-state index in [0.717, 1.165) is 50.0 Å². The van der Waals surface area contributed by atoms with Crippen molar-refractivity contribution in [3.05, 3.63) is 99.6 Å². The predicted molar refractivity (Wildman–Crippen MR) is 173 cm³/mol. The van der Waals surface area contributed by atoms with Crippen molar-refractivity contribution in [1.82, 2.24) is 19.9 Å². The summed E-state index contributed by atoms with van der Waals surface area (Å²) in [6, 6.07) is 22.8. The maximum atomic E-state index is 11.6. The lowest BCUT2D eigenvalue weighted by Gasteiger charge is -2.17. The summed E-state index contributed by atoms with van der Waals surface area (Å²) in [5.74, 6) is 1.32. The highest BCUT2D eigenvalue weighted by molar-refractivity contribution is 7.09. The van der Waals surface area contributed by atoms with E-state index in [4.69, 9.17) is 9.72 Å². The van der Waals surface area contributed by atoms with E-state index in [-0.39, 0.29) is 6.54 Å². The van der Waals surface area contributed by atoms with Gasteiger partial charge >= 0.3 is 5.97 Å². The third kappa shape index (κ3) is 8.09. The van der Waals surface area contributed by atoms with Crippen LogP contribution in [0.5, 0.6) is 5.75 Å². The molecule has 0 saturated heterocycles. The Hall–Kier alpha value is -4.01. The molecule has 0 radical (unpaired) electrons. The van der Waals surface area contributed by atoms with Crippen molar-refractivity contribution in [2.45, 2.75) is 72.1 Å². The molecule has 2 N–H and O–H groups in total. The van der Waals surface area contributed by atoms with Gasteiger partial charge in [-0.3, -0.25) is 9.69 Å². The fraction of sp³-hybridized carbons (Fsp3) is 0.343. The number of nitrogens with one attached hydrogen (secondary N) is 1. The zero-order valence-electron chi connectivity index (χ0n) is 25.2. The topological polar surface area (TPSA) is 91.3 Å². The molecule has 7 nitrogen and oxygen atoms in total. The minimum atomic E-state index is -0.882. The van der Waals surface area contributed by atoms with Crippen LogP contribution in [0, 0.1) is 6.92 Å². The van der Waals surface area contributed by atoms with Gasteiger partial charge in [-0.1, -0.05) is 63.1 Å². The molecule has 5 aromatic rings. The van der Waals surface area contributed by atoms with Crippen LogP contribution in [0.1, 0.15) is 73.0 Å². The predicted octanol–water partition coefficient (Wildman–Crippen LogP) is 8.34. The van der Waals surface area contributed by atoms with Crippen LogP contribution in [0.4, 0.5) is 0 Å². The Morgan fingerprint density at radius 1 is 1.00 bits per heavy atom. The summed E-state index contributed by atoms with van der Waals surface area (Å²) in [4.78, 5) is 26.2. The average molecular weight is 597 g/mol. The lowest BCUT2D eigenvalue weighted by molar-refractivity contribution is -0.138. The Kier molecular flexibility index (Phi) is 10.2. The Morgan fingerprint density at radius 3 is 2.47 bits per heavy atom. The van der Waals surface area contributed by atoms with Crippen LogP contribution >= 0.6 is 11.3 Å². The molecule has 2 heterocycles. The van der Waals surface area contributed by atoms with E-state index >= 15 is 0 Å². The first-order chi connectivity index (χ1) is 20.9. The van der Waals surface area contributed by atoms with Crippen LogP contribution in [-0.2, 0) is 24.5 Å². The number of aromatic nitrogens is 3. The summed E-state index contributed by atoms with van der Waals surface area (Å²) in [6.07, 6.45) is 4.89. The number of H-pyrrole nitrogens is 1. The van der Waals surface area contributed by atoms with Crippen LogP contribution in [-0.4, -0.2) is 37.5 Å². The molecule has 0 bridgehead atoms. The summed E-state index contributed by atoms with van der Waals surface area (Å²) in [5, 5.41) is 12.4. The first-order valence-corrected chi connectivity index (χ1v) is 15.9. The highest BCUT2D eigenvalue weighted by atomic mass is 32.1. The largest absolute Gasteiger partial charge is 0.489 e. The molecule has 0 unspecified atom stereocenters. The second-order valence-corrected chi connectivity index (χ2v) is 12.1. The number of rotatable bonds is 15. The summed E-state index contributed by atoms with van der Waals surface area (Å²) < 4.78 is 6.14. The van der Waals surface area contributed by atoms with Crippen molar-refractivity contribution < 1.29 is 14.6 Å². The first kappa shape index (κ1) is 30.4. The van der Waals surface area contributed by atoms with Gasteiger partial charge in [0.25, 0.3) is 0 Å². The van der Waals surface area contributed by atoms with Gasteiger partial charge in [0.15, 0.2) is 0 Å². The SMILES string of the molecule is CCCC(CCC)c1ccc(COc2ccc(-c3csc(CN(CC(=O)O)Cc4nc5ccccc5[nH]4)n3)c(C)c2)cc1. The zero-order valence-corrected chi connectivity index (χ0v) is 26.0. The van der Waals surface area contributed by atoms with Crippen LogP contribution in [0.25, 0.3) is 22.3 Å². The van der Waals surface area contributed by atoms with Gasteiger partial charge in [-0.2, -0.15) is 0 Å². The molecule has 0 spiro atoms. The smallest absolute Gasteiger partial charge is 0.317 e. The third-order valence-corrected chi connectivity index (χ3v) is 8.52. The minimum absolute atomic E-state index is 0.0994. The van der Waals surface area contributed by atoms with Gasteiger partial charge in [0.05, 0.1) is 36.4 Å². The molecule has 0 fully saturated rings. The number of ether oxygens (including phenoxy) is 1. The van der Waals surface area contributed by atoms with E-state index in [0.29, 0.717) is 25.6 Å². The van der Waals surface area contributed by atoms with Gasteiger partial charge in [-0.25, -0.2) is 9.97 Å². The number of hydrogen-bond acceptors (Lipinski definition) is 6. The van der Waals surface area contributed by atoms with Gasteiger partial charge in [-0.05, 0) is 72.7 Å². The molecule has 0 saturated carbocycles. The average Bonchev–Trinajstić information content (AvgIpc) is 3.62. The molecule has 0 aliphatic heterocycles. The highest BCUT2D eigenvalue weighted by Crippen LogP contribution is 2.30. The number of thiazole rings is 1. The van der Waals surface area contributed by atoms with Crippen molar-refractivity contribution >= 4 is 28.3 Å². The number of aryl methyl sites for hydroxylation is 1. The van der Waals surface area contributed by atoms with E-state index in [9.17, 15) is 9.90 Å². The maximum absolute atomic E-state index is 11.6. The number of fused-ring (bicyclic) bond motifs is 1. The Bertz CT molecular complexity index is 1600. The normalized spacial score (nSPS) is 11.6. The fourth-order valence-electron chi connectivity index (χ4n) is 5.59. The van der Waals surface area contributed by atoms with Crippen molar-refractivity contribution in [1.29, 1.82) is 0 Å². The molecule has 0 aliphatic carbocycles. The molecule has 8 heteroatoms. The van der Waals surface area contributed by atoms with E-state index in [1.165, 1.54) is 42.6 Å². The minimum Gasteiger partial charge on any atom is -0.489 e. The standard InChI is InChI=1S/C35H40N4O3S/c1-4-8-26(9-5-2)27-14-12-25(13-15-27)22-42-28-16-17-29(24(3)18-28)32-23-43-34(38-32)20-39(21-35(40)41)19-33-36-30-10-6-7-11-31(30)37-33/h6-7,10-18,23,26H,4-5,8-9,19-22H2,1-3H3,(H,36,37)(H,40,41). The second-order valence-electron chi connectivity index (χ2n) is 11.1. The molecule has 0 aliphatic rings. The number of nitrogens with zero attached hydrogens (tertiary/aromatic N) is 3. The number of carboxylic acids is 1. The summed E-state index contributed by atoms with van der Waals surface area (Å²) >= 11 is 1.54. The molecule has 224 valence electrons. The number of aliphatic carboxylic acids is 1. The lowest BCUT2D eigenvalue weighted by atomic mass is 9.90. The van der Waals surface area contributed by atoms with Crippen LogP contribution in [0.2, 0.25) is 0 Å². The number of aromatic amines is 1. The number of para-hydroxylation sites is 2. The maximum Gasteiger partial charge on any atom is 0.317 e. The van der Waals surface area contributed by atoms with Gasteiger partial charge < -0.3 is 14.8 Å². The monoisotopic (exact) mass is 596 g/mol. The molecule has 2 aromatic heterocycles. The number of benzene rings is 3. The summed E-state index contributed by atoms with van der Waals surface area (Å²) in [7, 11) is 0. The zero-order chi connectivity index (χ0) is 30.2. The first-order valence-electron chi connectivity index (χ1n) is 15.1. The van der Waals surface area contributed by atoms with Gasteiger partial charge in [0, 0.05) is 10.9 Å². The molecule has 43 heavy (non-hydrogen) atoms. The second kappa shape index (κ2) is 14.4. The molecular formula is C35H40N4O3S. The van der Waals surface area contributed by atoms with Gasteiger partial charge in [0.2, 0.25) is 0 Å². The van der Waals surface area contributed by atoms with Crippen LogP contribution < -0.4 is 4.74 Å². The lowest BCUT2D eigenvalue weighted by Crippen LogP contribution is -2.29. The molecule has 0 atom stereocenters. The molecule has 0 amide bonds. The Morgan fingerprint density at radius 2 is 1.77 bits per heavy atom. The van der Waals surface area contributed by atoms with Gasteiger partial charge in [-0.15, -0.1) is 11.3 Å². The Labute approximate surface area is 257 Å². The van der Waals surface area contributed by atoms with E-state index in [1.54, 1.807) is 0 Å². The molecule has 5 rings (SSSR count).